The Morgan fingerprint density at radius 3 is 2.65 bits per heavy atom. The van der Waals surface area contributed by atoms with E-state index in [0.717, 1.165) is 5.92 Å². The summed E-state index contributed by atoms with van der Waals surface area (Å²) >= 11 is 0. The van der Waals surface area contributed by atoms with Gasteiger partial charge in [0.25, 0.3) is 0 Å². The van der Waals surface area contributed by atoms with Crippen molar-refractivity contribution in [3.8, 4) is 5.75 Å². The van der Waals surface area contributed by atoms with Gasteiger partial charge in [0.1, 0.15) is 5.75 Å². The van der Waals surface area contributed by atoms with Gasteiger partial charge in [0.15, 0.2) is 0 Å². The molecule has 23 heavy (non-hydrogen) atoms. The van der Waals surface area contributed by atoms with Crippen molar-refractivity contribution < 1.29 is 5.11 Å². The minimum absolute atomic E-state index is 0. The first-order valence-corrected chi connectivity index (χ1v) is 8.93. The highest BCUT2D eigenvalue weighted by Gasteiger charge is 2.37. The van der Waals surface area contributed by atoms with Crippen LogP contribution >= 0.6 is 12.4 Å². The molecule has 132 valence electrons. The van der Waals surface area contributed by atoms with Gasteiger partial charge in [-0.25, -0.2) is 0 Å². The molecule has 0 saturated carbocycles. The Balaban J connectivity index is 0.00000264. The first-order chi connectivity index (χ1) is 10.4. The van der Waals surface area contributed by atoms with Crippen LogP contribution in [0, 0.1) is 11.8 Å². The number of hydrogen-bond donors (Lipinski definition) is 1. The van der Waals surface area contributed by atoms with Gasteiger partial charge in [-0.1, -0.05) is 52.7 Å². The van der Waals surface area contributed by atoms with E-state index in [0.29, 0.717) is 11.7 Å². The summed E-state index contributed by atoms with van der Waals surface area (Å²) in [5.41, 5.74) is 1.48. The Morgan fingerprint density at radius 1 is 1.30 bits per heavy atom. The second-order valence-corrected chi connectivity index (χ2v) is 7.81. The molecule has 2 nitrogen and oxygen atoms in total. The molecule has 0 amide bonds. The first-order valence-electron chi connectivity index (χ1n) is 8.93. The van der Waals surface area contributed by atoms with E-state index in [2.05, 4.69) is 38.7 Å². The predicted molar refractivity (Wildman–Crippen MR) is 102 cm³/mol. The van der Waals surface area contributed by atoms with Crippen LogP contribution in [0.1, 0.15) is 58.9 Å². The topological polar surface area (TPSA) is 23.5 Å². The van der Waals surface area contributed by atoms with Crippen molar-refractivity contribution in [3.63, 3.8) is 0 Å². The predicted octanol–water partition coefficient (Wildman–Crippen LogP) is 5.24. The van der Waals surface area contributed by atoms with Crippen LogP contribution in [0.2, 0.25) is 0 Å². The van der Waals surface area contributed by atoms with Gasteiger partial charge in [0.05, 0.1) is 0 Å². The van der Waals surface area contributed by atoms with Gasteiger partial charge >= 0.3 is 0 Å². The first kappa shape index (κ1) is 20.3. The third kappa shape index (κ3) is 5.39. The molecule has 0 aliphatic carbocycles. The Morgan fingerprint density at radius 2 is 2.04 bits per heavy atom. The van der Waals surface area contributed by atoms with E-state index in [1.807, 2.05) is 12.1 Å². The summed E-state index contributed by atoms with van der Waals surface area (Å²) in [6.07, 6.45) is 5.21. The summed E-state index contributed by atoms with van der Waals surface area (Å²) in [6, 6.07) is 7.87. The van der Waals surface area contributed by atoms with E-state index in [1.165, 1.54) is 50.9 Å². The van der Waals surface area contributed by atoms with Gasteiger partial charge in [-0.3, -0.25) is 0 Å². The lowest BCUT2D eigenvalue weighted by molar-refractivity contribution is 0.109. The second kappa shape index (κ2) is 8.94. The normalized spacial score (nSPS) is 25.3. The molecule has 2 unspecified atom stereocenters. The van der Waals surface area contributed by atoms with Crippen molar-refractivity contribution in [1.82, 2.24) is 4.90 Å². The van der Waals surface area contributed by atoms with Crippen LogP contribution in [-0.4, -0.2) is 29.6 Å². The summed E-state index contributed by atoms with van der Waals surface area (Å²) in [6.45, 7) is 12.9. The molecule has 3 heteroatoms. The van der Waals surface area contributed by atoms with Crippen molar-refractivity contribution in [2.24, 2.45) is 11.8 Å². The highest BCUT2D eigenvalue weighted by molar-refractivity contribution is 5.85. The van der Waals surface area contributed by atoms with Gasteiger partial charge in [0.2, 0.25) is 0 Å². The minimum Gasteiger partial charge on any atom is -0.508 e. The lowest BCUT2D eigenvalue weighted by Crippen LogP contribution is -2.47. The third-order valence-electron chi connectivity index (χ3n) is 5.58. The number of phenols is 1. The fraction of sp³-hybridized carbons (Fsp3) is 0.700. The number of hydrogen-bond acceptors (Lipinski definition) is 2. The maximum Gasteiger partial charge on any atom is 0.115 e. The molecule has 0 bridgehead atoms. The Hall–Kier alpha value is -0.730. The zero-order valence-corrected chi connectivity index (χ0v) is 16.0. The summed E-state index contributed by atoms with van der Waals surface area (Å²) < 4.78 is 0. The summed E-state index contributed by atoms with van der Waals surface area (Å²) in [5.74, 6) is 1.84. The van der Waals surface area contributed by atoms with Gasteiger partial charge in [-0.2, -0.15) is 0 Å². The van der Waals surface area contributed by atoms with Gasteiger partial charge in [-0.15, -0.1) is 12.4 Å². The number of rotatable bonds is 6. The number of nitrogens with zero attached hydrogens (tertiary/aromatic N) is 1. The average molecular weight is 340 g/mol. The van der Waals surface area contributed by atoms with E-state index < -0.39 is 0 Å². The second-order valence-electron chi connectivity index (χ2n) is 7.81. The fourth-order valence-electron chi connectivity index (χ4n) is 3.70. The molecule has 0 spiro atoms. The van der Waals surface area contributed by atoms with Crippen molar-refractivity contribution >= 4 is 12.4 Å². The van der Waals surface area contributed by atoms with E-state index in [1.54, 1.807) is 6.07 Å². The zero-order valence-electron chi connectivity index (χ0n) is 15.2. The quantitative estimate of drug-likeness (QED) is 0.716. The molecule has 1 aliphatic rings. The molecule has 0 aromatic heterocycles. The Kier molecular flexibility index (Phi) is 7.89. The smallest absolute Gasteiger partial charge is 0.115 e. The van der Waals surface area contributed by atoms with Crippen LogP contribution in [-0.2, 0) is 5.41 Å². The van der Waals surface area contributed by atoms with Crippen molar-refractivity contribution in [3.05, 3.63) is 29.8 Å². The number of benzene rings is 1. The molecule has 2 rings (SSSR count). The SMILES string of the molecule is CC(C)CCCCN1CCC(C)(c2cccc(O)c2)C(C)C1.Cl. The average Bonchev–Trinajstić information content (AvgIpc) is 2.47. The fourth-order valence-corrected chi connectivity index (χ4v) is 3.70. The van der Waals surface area contributed by atoms with Crippen LogP contribution in [0.3, 0.4) is 0 Å². The Bertz CT molecular complexity index is 476. The maximum atomic E-state index is 9.77. The van der Waals surface area contributed by atoms with E-state index in [9.17, 15) is 5.11 Å². The molecule has 1 N–H and O–H groups in total. The number of piperidine rings is 1. The largest absolute Gasteiger partial charge is 0.508 e. The molecule has 1 aromatic carbocycles. The summed E-state index contributed by atoms with van der Waals surface area (Å²) in [5, 5.41) is 9.77. The van der Waals surface area contributed by atoms with Crippen molar-refractivity contribution in [1.29, 1.82) is 0 Å². The molecule has 1 saturated heterocycles. The molecular weight excluding hydrogens is 306 g/mol. The van der Waals surface area contributed by atoms with E-state index in [-0.39, 0.29) is 17.8 Å². The third-order valence-corrected chi connectivity index (χ3v) is 5.58. The van der Waals surface area contributed by atoms with Gasteiger partial charge < -0.3 is 10.0 Å². The van der Waals surface area contributed by atoms with E-state index >= 15 is 0 Å². The van der Waals surface area contributed by atoms with E-state index in [4.69, 9.17) is 0 Å². The van der Waals surface area contributed by atoms with Crippen LogP contribution in [0.25, 0.3) is 0 Å². The monoisotopic (exact) mass is 339 g/mol. The van der Waals surface area contributed by atoms with Crippen molar-refractivity contribution in [2.75, 3.05) is 19.6 Å². The molecule has 2 atom stereocenters. The number of unbranched alkanes of at least 4 members (excludes halogenated alkanes) is 1. The number of aromatic hydroxyl groups is 1. The number of phenolic OH excluding ortho intramolecular Hbond substituents is 1. The van der Waals surface area contributed by atoms with Crippen LogP contribution in [0.5, 0.6) is 5.75 Å². The lowest BCUT2D eigenvalue weighted by atomic mass is 9.68. The van der Waals surface area contributed by atoms with Crippen LogP contribution < -0.4 is 0 Å². The van der Waals surface area contributed by atoms with Crippen LogP contribution in [0.4, 0.5) is 0 Å². The van der Waals surface area contributed by atoms with Crippen molar-refractivity contribution in [2.45, 2.75) is 58.8 Å². The minimum atomic E-state index is 0. The Labute approximate surface area is 148 Å². The highest BCUT2D eigenvalue weighted by atomic mass is 35.5. The molecule has 1 fully saturated rings. The van der Waals surface area contributed by atoms with Crippen LogP contribution in [0.15, 0.2) is 24.3 Å². The molecule has 0 radical (unpaired) electrons. The summed E-state index contributed by atoms with van der Waals surface area (Å²) in [7, 11) is 0. The van der Waals surface area contributed by atoms with Gasteiger partial charge in [0, 0.05) is 6.54 Å². The highest BCUT2D eigenvalue weighted by Crippen LogP contribution is 2.40. The maximum absolute atomic E-state index is 9.77. The number of halogens is 1. The summed E-state index contributed by atoms with van der Waals surface area (Å²) in [4.78, 5) is 2.63. The number of likely N-dealkylation sites (tertiary alicyclic amines) is 1. The zero-order chi connectivity index (χ0) is 16.2. The standard InChI is InChI=1S/C20H33NO.ClH/c1-16(2)8-5-6-12-21-13-11-20(4,17(3)15-21)18-9-7-10-19(22)14-18;/h7,9-10,14,16-17,22H,5-6,8,11-13,15H2,1-4H3;1H. The van der Waals surface area contributed by atoms with Gasteiger partial charge in [-0.05, 0) is 60.9 Å². The lowest BCUT2D eigenvalue weighted by Gasteiger charge is -2.45. The molecule has 1 heterocycles. The molecule has 1 aliphatic heterocycles. The molecule has 1 aromatic rings. The molecular formula is C20H34ClNO.